The zero-order valence-corrected chi connectivity index (χ0v) is 10.6. The minimum absolute atomic E-state index is 0.0398. The first-order valence-corrected chi connectivity index (χ1v) is 5.56. The number of esters is 1. The minimum Gasteiger partial charge on any atom is -0.469 e. The Labute approximate surface area is 105 Å². The quantitative estimate of drug-likeness (QED) is 0.845. The van der Waals surface area contributed by atoms with Crippen LogP contribution in [0.1, 0.15) is 13.3 Å². The van der Waals surface area contributed by atoms with Crippen LogP contribution in [0, 0.1) is 0 Å². The summed E-state index contributed by atoms with van der Waals surface area (Å²) in [5.74, 6) is -0.256. The number of hydrogen-bond donors (Lipinski definition) is 1. The third-order valence-electron chi connectivity index (χ3n) is 1.98. The lowest BCUT2D eigenvalue weighted by atomic mass is 10.2. The Bertz CT molecular complexity index is 362. The summed E-state index contributed by atoms with van der Waals surface area (Å²) in [5.41, 5.74) is 0.786. The molecule has 0 radical (unpaired) electrons. The summed E-state index contributed by atoms with van der Waals surface area (Å²) >= 11 is 11.7. The van der Waals surface area contributed by atoms with Crippen molar-refractivity contribution in [3.8, 4) is 0 Å². The molecule has 3 nitrogen and oxygen atoms in total. The van der Waals surface area contributed by atoms with E-state index in [-0.39, 0.29) is 12.0 Å². The first-order valence-electron chi connectivity index (χ1n) is 4.80. The van der Waals surface area contributed by atoms with Crippen molar-refractivity contribution < 1.29 is 9.53 Å². The standard InChI is InChI=1S/C11H13Cl2NO2/c1-7(3-11(15)16-2)14-10-5-8(12)4-9(13)6-10/h4-7,14H,3H2,1-2H3. The zero-order chi connectivity index (χ0) is 12.1. The Balaban J connectivity index is 2.62. The number of methoxy groups -OCH3 is 1. The van der Waals surface area contributed by atoms with Crippen molar-refractivity contribution in [2.24, 2.45) is 0 Å². The molecule has 0 amide bonds. The van der Waals surface area contributed by atoms with Gasteiger partial charge in [0, 0.05) is 21.8 Å². The summed E-state index contributed by atoms with van der Waals surface area (Å²) in [7, 11) is 1.37. The van der Waals surface area contributed by atoms with E-state index in [4.69, 9.17) is 23.2 Å². The first kappa shape index (κ1) is 13.1. The van der Waals surface area contributed by atoms with Crippen molar-refractivity contribution in [3.63, 3.8) is 0 Å². The highest BCUT2D eigenvalue weighted by atomic mass is 35.5. The molecule has 0 heterocycles. The second-order valence-electron chi connectivity index (χ2n) is 3.48. The van der Waals surface area contributed by atoms with Crippen LogP contribution in [-0.4, -0.2) is 19.1 Å². The van der Waals surface area contributed by atoms with Gasteiger partial charge in [0.25, 0.3) is 0 Å². The van der Waals surface area contributed by atoms with E-state index < -0.39 is 0 Å². The molecule has 1 N–H and O–H groups in total. The molecule has 1 unspecified atom stereocenters. The molecule has 0 spiro atoms. The summed E-state index contributed by atoms with van der Waals surface area (Å²) in [6, 6.07) is 5.11. The van der Waals surface area contributed by atoms with E-state index in [1.54, 1.807) is 18.2 Å². The van der Waals surface area contributed by atoms with Gasteiger partial charge in [0.05, 0.1) is 13.5 Å². The fourth-order valence-corrected chi connectivity index (χ4v) is 1.83. The van der Waals surface area contributed by atoms with Crippen LogP contribution < -0.4 is 5.32 Å². The van der Waals surface area contributed by atoms with Crippen LogP contribution in [0.5, 0.6) is 0 Å². The molecule has 0 aromatic heterocycles. The molecular formula is C11H13Cl2NO2. The van der Waals surface area contributed by atoms with Gasteiger partial charge in [-0.05, 0) is 25.1 Å². The lowest BCUT2D eigenvalue weighted by Crippen LogP contribution is -2.20. The van der Waals surface area contributed by atoms with Gasteiger partial charge in [-0.2, -0.15) is 0 Å². The molecule has 0 aliphatic rings. The van der Waals surface area contributed by atoms with Crippen molar-refractivity contribution in [2.75, 3.05) is 12.4 Å². The predicted molar refractivity (Wildman–Crippen MR) is 66.2 cm³/mol. The fourth-order valence-electron chi connectivity index (χ4n) is 1.31. The van der Waals surface area contributed by atoms with Gasteiger partial charge >= 0.3 is 5.97 Å². The van der Waals surface area contributed by atoms with Crippen LogP contribution in [0.2, 0.25) is 10.0 Å². The second-order valence-corrected chi connectivity index (χ2v) is 4.36. The Hall–Kier alpha value is -0.930. The highest BCUT2D eigenvalue weighted by Crippen LogP contribution is 2.23. The van der Waals surface area contributed by atoms with Crippen LogP contribution in [-0.2, 0) is 9.53 Å². The van der Waals surface area contributed by atoms with Gasteiger partial charge in [0.2, 0.25) is 0 Å². The Kier molecular flexibility index (Phi) is 4.90. The molecule has 0 saturated heterocycles. The molecular weight excluding hydrogens is 249 g/mol. The number of ether oxygens (including phenoxy) is 1. The van der Waals surface area contributed by atoms with Gasteiger partial charge in [-0.1, -0.05) is 23.2 Å². The molecule has 1 atom stereocenters. The van der Waals surface area contributed by atoms with Gasteiger partial charge in [-0.15, -0.1) is 0 Å². The van der Waals surface area contributed by atoms with Crippen LogP contribution >= 0.6 is 23.2 Å². The smallest absolute Gasteiger partial charge is 0.307 e. The number of carbonyl (C=O) groups excluding carboxylic acids is 1. The number of benzene rings is 1. The Morgan fingerprint density at radius 1 is 1.38 bits per heavy atom. The van der Waals surface area contributed by atoms with Crippen LogP contribution in [0.25, 0.3) is 0 Å². The number of rotatable bonds is 4. The normalized spacial score (nSPS) is 12.0. The van der Waals surface area contributed by atoms with E-state index in [2.05, 4.69) is 10.1 Å². The Morgan fingerprint density at radius 3 is 2.44 bits per heavy atom. The van der Waals surface area contributed by atoms with E-state index in [1.807, 2.05) is 6.92 Å². The summed E-state index contributed by atoms with van der Waals surface area (Å²) in [6.45, 7) is 1.88. The van der Waals surface area contributed by atoms with Crippen molar-refractivity contribution in [3.05, 3.63) is 28.2 Å². The third kappa shape index (κ3) is 4.29. The zero-order valence-electron chi connectivity index (χ0n) is 9.09. The van der Waals surface area contributed by atoms with E-state index in [1.165, 1.54) is 7.11 Å². The third-order valence-corrected chi connectivity index (χ3v) is 2.41. The topological polar surface area (TPSA) is 38.3 Å². The van der Waals surface area contributed by atoms with Gasteiger partial charge in [-0.25, -0.2) is 0 Å². The van der Waals surface area contributed by atoms with E-state index >= 15 is 0 Å². The van der Waals surface area contributed by atoms with E-state index in [0.717, 1.165) is 5.69 Å². The van der Waals surface area contributed by atoms with Gasteiger partial charge in [0.15, 0.2) is 0 Å². The van der Waals surface area contributed by atoms with Gasteiger partial charge in [0.1, 0.15) is 0 Å². The summed E-state index contributed by atoms with van der Waals surface area (Å²) in [6.07, 6.45) is 0.292. The molecule has 5 heteroatoms. The molecule has 0 fully saturated rings. The first-order chi connectivity index (χ1) is 7.51. The molecule has 0 aliphatic heterocycles. The largest absolute Gasteiger partial charge is 0.469 e. The minimum atomic E-state index is -0.256. The van der Waals surface area contributed by atoms with Gasteiger partial charge < -0.3 is 10.1 Å². The average Bonchev–Trinajstić information content (AvgIpc) is 2.15. The highest BCUT2D eigenvalue weighted by molar-refractivity contribution is 6.35. The van der Waals surface area contributed by atoms with Gasteiger partial charge in [-0.3, -0.25) is 4.79 Å². The number of carbonyl (C=O) groups is 1. The molecule has 1 aromatic carbocycles. The van der Waals surface area contributed by atoms with Crippen molar-refractivity contribution in [1.82, 2.24) is 0 Å². The van der Waals surface area contributed by atoms with Crippen LogP contribution in [0.15, 0.2) is 18.2 Å². The van der Waals surface area contributed by atoms with Crippen molar-refractivity contribution in [1.29, 1.82) is 0 Å². The maximum absolute atomic E-state index is 11.0. The maximum Gasteiger partial charge on any atom is 0.307 e. The van der Waals surface area contributed by atoms with Crippen molar-refractivity contribution >= 4 is 34.9 Å². The SMILES string of the molecule is COC(=O)CC(C)Nc1cc(Cl)cc(Cl)c1. The fraction of sp³-hybridized carbons (Fsp3) is 0.364. The summed E-state index contributed by atoms with van der Waals surface area (Å²) in [5, 5.41) is 4.23. The molecule has 88 valence electrons. The van der Waals surface area contributed by atoms with E-state index in [9.17, 15) is 4.79 Å². The Morgan fingerprint density at radius 2 is 1.94 bits per heavy atom. The summed E-state index contributed by atoms with van der Waals surface area (Å²) in [4.78, 5) is 11.0. The maximum atomic E-state index is 11.0. The lowest BCUT2D eigenvalue weighted by Gasteiger charge is -2.14. The molecule has 0 saturated carbocycles. The second kappa shape index (κ2) is 5.97. The van der Waals surface area contributed by atoms with Crippen molar-refractivity contribution in [2.45, 2.75) is 19.4 Å². The molecule has 0 bridgehead atoms. The number of anilines is 1. The summed E-state index contributed by atoms with van der Waals surface area (Å²) < 4.78 is 4.57. The number of halogens is 2. The van der Waals surface area contributed by atoms with E-state index in [0.29, 0.717) is 16.5 Å². The number of hydrogen-bond acceptors (Lipinski definition) is 3. The highest BCUT2D eigenvalue weighted by Gasteiger charge is 2.09. The predicted octanol–water partition coefficient (Wildman–Crippen LogP) is 3.36. The number of nitrogens with one attached hydrogen (secondary N) is 1. The van der Waals surface area contributed by atoms with Crippen LogP contribution in [0.3, 0.4) is 0 Å². The average molecular weight is 262 g/mol. The monoisotopic (exact) mass is 261 g/mol. The van der Waals surface area contributed by atoms with Crippen LogP contribution in [0.4, 0.5) is 5.69 Å². The molecule has 1 aromatic rings. The molecule has 0 aliphatic carbocycles. The molecule has 1 rings (SSSR count). The lowest BCUT2D eigenvalue weighted by molar-refractivity contribution is -0.140. The molecule has 16 heavy (non-hydrogen) atoms.